The topological polar surface area (TPSA) is 88.8 Å². The standard InChI is InChI=1S/C14H22N6O/c1-4-6-15-11-8-12(20-14(19-11)10(2)3)16-7-5-13-17-9-18-21-13/h8-10H,4-7H2,1-3H3,(H2,15,16,19,20). The quantitative estimate of drug-likeness (QED) is 0.772. The third-order valence-corrected chi connectivity index (χ3v) is 2.87. The molecule has 0 aliphatic heterocycles. The highest BCUT2D eigenvalue weighted by Crippen LogP contribution is 2.17. The zero-order valence-electron chi connectivity index (χ0n) is 12.8. The lowest BCUT2D eigenvalue weighted by Gasteiger charge is -2.12. The molecule has 0 aliphatic carbocycles. The van der Waals surface area contributed by atoms with Crippen molar-refractivity contribution in [2.75, 3.05) is 23.7 Å². The summed E-state index contributed by atoms with van der Waals surface area (Å²) in [7, 11) is 0. The Morgan fingerprint density at radius 2 is 1.86 bits per heavy atom. The highest BCUT2D eigenvalue weighted by atomic mass is 16.5. The smallest absolute Gasteiger partial charge is 0.228 e. The lowest BCUT2D eigenvalue weighted by Crippen LogP contribution is -2.11. The Labute approximate surface area is 124 Å². The summed E-state index contributed by atoms with van der Waals surface area (Å²) < 4.78 is 4.96. The summed E-state index contributed by atoms with van der Waals surface area (Å²) in [6.45, 7) is 7.88. The first-order valence-electron chi connectivity index (χ1n) is 7.31. The van der Waals surface area contributed by atoms with Crippen molar-refractivity contribution in [1.29, 1.82) is 0 Å². The monoisotopic (exact) mass is 290 g/mol. The van der Waals surface area contributed by atoms with E-state index in [2.05, 4.69) is 51.5 Å². The SMILES string of the molecule is CCCNc1cc(NCCc2ncno2)nc(C(C)C)n1. The van der Waals surface area contributed by atoms with Crippen LogP contribution in [0.4, 0.5) is 11.6 Å². The van der Waals surface area contributed by atoms with E-state index in [0.29, 0.717) is 18.9 Å². The molecule has 2 aromatic rings. The van der Waals surface area contributed by atoms with Gasteiger partial charge in [0.2, 0.25) is 5.89 Å². The fourth-order valence-corrected chi connectivity index (χ4v) is 1.76. The van der Waals surface area contributed by atoms with Crippen LogP contribution in [-0.2, 0) is 6.42 Å². The van der Waals surface area contributed by atoms with Crippen LogP contribution in [0.5, 0.6) is 0 Å². The molecule has 0 radical (unpaired) electrons. The number of aromatic nitrogens is 4. The normalized spacial score (nSPS) is 10.9. The van der Waals surface area contributed by atoms with Crippen molar-refractivity contribution in [2.45, 2.75) is 39.5 Å². The van der Waals surface area contributed by atoms with Crippen molar-refractivity contribution in [1.82, 2.24) is 20.1 Å². The minimum Gasteiger partial charge on any atom is -0.370 e. The molecule has 0 unspecified atom stereocenters. The fraction of sp³-hybridized carbons (Fsp3) is 0.571. The predicted molar refractivity (Wildman–Crippen MR) is 81.4 cm³/mol. The molecule has 7 heteroatoms. The van der Waals surface area contributed by atoms with E-state index >= 15 is 0 Å². The second-order valence-corrected chi connectivity index (χ2v) is 5.09. The summed E-state index contributed by atoms with van der Waals surface area (Å²) in [6, 6.07) is 1.93. The molecule has 0 saturated heterocycles. The first-order chi connectivity index (χ1) is 10.2. The molecule has 0 spiro atoms. The number of nitrogens with one attached hydrogen (secondary N) is 2. The van der Waals surface area contributed by atoms with Crippen LogP contribution >= 0.6 is 0 Å². The van der Waals surface area contributed by atoms with Gasteiger partial charge in [-0.15, -0.1) is 0 Å². The number of hydrogen-bond acceptors (Lipinski definition) is 7. The van der Waals surface area contributed by atoms with Gasteiger partial charge in [-0.1, -0.05) is 25.9 Å². The van der Waals surface area contributed by atoms with Gasteiger partial charge in [-0.2, -0.15) is 4.98 Å². The first-order valence-corrected chi connectivity index (χ1v) is 7.31. The molecule has 0 amide bonds. The molecule has 0 bridgehead atoms. The minimum atomic E-state index is 0.282. The van der Waals surface area contributed by atoms with E-state index in [9.17, 15) is 0 Å². The molecule has 7 nitrogen and oxygen atoms in total. The van der Waals surface area contributed by atoms with Crippen LogP contribution in [0, 0.1) is 0 Å². The third-order valence-electron chi connectivity index (χ3n) is 2.87. The maximum absolute atomic E-state index is 4.96. The van der Waals surface area contributed by atoms with Gasteiger partial charge >= 0.3 is 0 Å². The van der Waals surface area contributed by atoms with Crippen LogP contribution in [0.15, 0.2) is 16.9 Å². The molecular weight excluding hydrogens is 268 g/mol. The molecule has 0 saturated carbocycles. The van der Waals surface area contributed by atoms with Gasteiger partial charge in [0.1, 0.15) is 17.5 Å². The van der Waals surface area contributed by atoms with Crippen LogP contribution < -0.4 is 10.6 Å². The zero-order valence-corrected chi connectivity index (χ0v) is 12.8. The number of hydrogen-bond donors (Lipinski definition) is 2. The molecule has 21 heavy (non-hydrogen) atoms. The van der Waals surface area contributed by atoms with Gasteiger partial charge in [0.15, 0.2) is 6.33 Å². The summed E-state index contributed by atoms with van der Waals surface area (Å²) in [5, 5.41) is 10.2. The average molecular weight is 290 g/mol. The number of nitrogens with zero attached hydrogens (tertiary/aromatic N) is 4. The summed E-state index contributed by atoms with van der Waals surface area (Å²) in [6.07, 6.45) is 3.13. The first kappa shape index (κ1) is 15.2. The molecule has 0 fully saturated rings. The maximum atomic E-state index is 4.96. The Kier molecular flexibility index (Phi) is 5.48. The van der Waals surface area contributed by atoms with E-state index in [1.54, 1.807) is 0 Å². The van der Waals surface area contributed by atoms with Gasteiger partial charge in [-0.05, 0) is 6.42 Å². The van der Waals surface area contributed by atoms with E-state index in [-0.39, 0.29) is 5.92 Å². The van der Waals surface area contributed by atoms with Crippen molar-refractivity contribution in [2.24, 2.45) is 0 Å². The van der Waals surface area contributed by atoms with E-state index in [1.807, 2.05) is 6.07 Å². The van der Waals surface area contributed by atoms with E-state index in [4.69, 9.17) is 4.52 Å². The van der Waals surface area contributed by atoms with Gasteiger partial charge in [0, 0.05) is 31.5 Å². The molecule has 0 aromatic carbocycles. The summed E-state index contributed by atoms with van der Waals surface area (Å²) >= 11 is 0. The Morgan fingerprint density at radius 3 is 2.43 bits per heavy atom. The number of anilines is 2. The average Bonchev–Trinajstić information content (AvgIpc) is 2.98. The lowest BCUT2D eigenvalue weighted by atomic mass is 10.2. The van der Waals surface area contributed by atoms with Gasteiger partial charge in [-0.3, -0.25) is 0 Å². The molecule has 2 aromatic heterocycles. The molecule has 0 atom stereocenters. The highest BCUT2D eigenvalue weighted by molar-refractivity contribution is 5.47. The number of rotatable bonds is 8. The maximum Gasteiger partial charge on any atom is 0.228 e. The highest BCUT2D eigenvalue weighted by Gasteiger charge is 2.08. The zero-order chi connectivity index (χ0) is 15.1. The molecular formula is C14H22N6O. The van der Waals surface area contributed by atoms with E-state index in [1.165, 1.54) is 6.33 Å². The molecule has 0 aliphatic rings. The second-order valence-electron chi connectivity index (χ2n) is 5.09. The van der Waals surface area contributed by atoms with Gasteiger partial charge in [0.25, 0.3) is 0 Å². The van der Waals surface area contributed by atoms with Gasteiger partial charge in [0.05, 0.1) is 0 Å². The van der Waals surface area contributed by atoms with Crippen LogP contribution in [0.1, 0.15) is 44.8 Å². The van der Waals surface area contributed by atoms with Crippen LogP contribution in [0.2, 0.25) is 0 Å². The van der Waals surface area contributed by atoms with Crippen molar-refractivity contribution < 1.29 is 4.52 Å². The summed E-state index contributed by atoms with van der Waals surface area (Å²) in [5.41, 5.74) is 0. The molecule has 2 rings (SSSR count). The van der Waals surface area contributed by atoms with Crippen molar-refractivity contribution in [3.8, 4) is 0 Å². The predicted octanol–water partition coefficient (Wildman–Crippen LogP) is 2.46. The van der Waals surface area contributed by atoms with Gasteiger partial charge < -0.3 is 15.2 Å². The van der Waals surface area contributed by atoms with E-state index in [0.717, 1.165) is 30.4 Å². The molecule has 2 N–H and O–H groups in total. The Balaban J connectivity index is 2.00. The molecule has 114 valence electrons. The Hall–Kier alpha value is -2.18. The van der Waals surface area contributed by atoms with Crippen molar-refractivity contribution >= 4 is 11.6 Å². The minimum absolute atomic E-state index is 0.282. The Bertz CT molecular complexity index is 540. The molecule has 2 heterocycles. The van der Waals surface area contributed by atoms with Gasteiger partial charge in [-0.25, -0.2) is 9.97 Å². The van der Waals surface area contributed by atoms with Crippen LogP contribution in [0.3, 0.4) is 0 Å². The fourth-order valence-electron chi connectivity index (χ4n) is 1.76. The van der Waals surface area contributed by atoms with E-state index < -0.39 is 0 Å². The summed E-state index contributed by atoms with van der Waals surface area (Å²) in [4.78, 5) is 13.0. The van der Waals surface area contributed by atoms with Crippen molar-refractivity contribution in [3.05, 3.63) is 24.1 Å². The second kappa shape index (κ2) is 7.56. The lowest BCUT2D eigenvalue weighted by molar-refractivity contribution is 0.379. The summed E-state index contributed by atoms with van der Waals surface area (Å²) in [5.74, 6) is 3.40. The van der Waals surface area contributed by atoms with Crippen LogP contribution in [0.25, 0.3) is 0 Å². The van der Waals surface area contributed by atoms with Crippen LogP contribution in [-0.4, -0.2) is 33.2 Å². The third kappa shape index (κ3) is 4.70. The Morgan fingerprint density at radius 1 is 1.14 bits per heavy atom. The van der Waals surface area contributed by atoms with Crippen molar-refractivity contribution in [3.63, 3.8) is 0 Å². The largest absolute Gasteiger partial charge is 0.370 e.